The number of rotatable bonds is 2. The average molecular weight is 153 g/mol. The highest BCUT2D eigenvalue weighted by atomic mass is 31.3. The Morgan fingerprint density at radius 1 is 0.857 bits per heavy atom. The van der Waals surface area contributed by atoms with Gasteiger partial charge in [0.2, 0.25) is 0 Å². The standard InChI is InChI=1S/F4HNP2/c1-6(2)5-7(3)4/h5H. The van der Waals surface area contributed by atoms with Gasteiger partial charge in [-0.3, -0.25) is 0 Å². The second-order valence-electron chi connectivity index (χ2n) is 0.566. The number of nitrogens with one attached hydrogen (secondary N) is 1. The Morgan fingerprint density at radius 3 is 1.14 bits per heavy atom. The van der Waals surface area contributed by atoms with Crippen LogP contribution in [-0.2, 0) is 0 Å². The summed E-state index contributed by atoms with van der Waals surface area (Å²) < 4.78 is 43.1. The molecule has 7 heavy (non-hydrogen) atoms. The summed E-state index contributed by atoms with van der Waals surface area (Å²) in [6, 6.07) is 0. The van der Waals surface area contributed by atoms with Crippen LogP contribution >= 0.6 is 17.4 Å². The zero-order valence-corrected chi connectivity index (χ0v) is 4.70. The normalized spacial score (nSPS) is 11.1. The van der Waals surface area contributed by atoms with Crippen LogP contribution in [0.25, 0.3) is 0 Å². The Balaban J connectivity index is 2.95. The Kier molecular flexibility index (Phi) is 3.80. The first kappa shape index (κ1) is 7.54. The predicted molar refractivity (Wildman–Crippen MR) is 21.4 cm³/mol. The maximum atomic E-state index is 10.8. The molecule has 0 spiro atoms. The van der Waals surface area contributed by atoms with E-state index in [-0.39, 0.29) is 0 Å². The lowest BCUT2D eigenvalue weighted by atomic mass is 13.9. The third-order valence-corrected chi connectivity index (χ3v) is 1.36. The Hall–Kier alpha value is 0.540. The van der Waals surface area contributed by atoms with Gasteiger partial charge in [-0.1, -0.05) is 0 Å². The lowest BCUT2D eigenvalue weighted by Gasteiger charge is -1.92. The van der Waals surface area contributed by atoms with E-state index in [1.54, 1.807) is 0 Å². The summed E-state index contributed by atoms with van der Waals surface area (Å²) in [4.78, 5) is 0.769. The molecule has 1 N–H and O–H groups in total. The van der Waals surface area contributed by atoms with E-state index >= 15 is 0 Å². The minimum Gasteiger partial charge on any atom is -0.169 e. The maximum absolute atomic E-state index is 10.8. The van der Waals surface area contributed by atoms with Crippen LogP contribution in [0.15, 0.2) is 0 Å². The topological polar surface area (TPSA) is 12.0 Å². The molecule has 1 nitrogen and oxygen atoms in total. The van der Waals surface area contributed by atoms with Gasteiger partial charge in [0, 0.05) is 0 Å². The molecule has 0 saturated carbocycles. The van der Waals surface area contributed by atoms with E-state index in [0.717, 1.165) is 4.86 Å². The first-order chi connectivity index (χ1) is 3.13. The summed E-state index contributed by atoms with van der Waals surface area (Å²) >= 11 is 0. The van der Waals surface area contributed by atoms with Crippen LogP contribution in [0.2, 0.25) is 0 Å². The molecule has 0 amide bonds. The van der Waals surface area contributed by atoms with Gasteiger partial charge in [0.1, 0.15) is 0 Å². The van der Waals surface area contributed by atoms with Gasteiger partial charge in [-0.05, 0) is 0 Å². The largest absolute Gasteiger partial charge is 0.350 e. The first-order valence-corrected chi connectivity index (χ1v) is 3.37. The second-order valence-corrected chi connectivity index (χ2v) is 2.30. The minimum atomic E-state index is -3.61. The van der Waals surface area contributed by atoms with Crippen molar-refractivity contribution in [1.29, 1.82) is 0 Å². The zero-order valence-electron chi connectivity index (χ0n) is 2.91. The molecule has 0 rings (SSSR count). The molecule has 0 bridgehead atoms. The van der Waals surface area contributed by atoms with E-state index in [0.29, 0.717) is 0 Å². The fourth-order valence-corrected chi connectivity index (χ4v) is 0.514. The van der Waals surface area contributed by atoms with E-state index in [9.17, 15) is 16.8 Å². The zero-order chi connectivity index (χ0) is 5.86. The number of hydrogen-bond donors (Lipinski definition) is 1. The van der Waals surface area contributed by atoms with Gasteiger partial charge in [-0.25, -0.2) is 0 Å². The van der Waals surface area contributed by atoms with Crippen molar-refractivity contribution in [3.05, 3.63) is 0 Å². The Labute approximate surface area is 40.2 Å². The van der Waals surface area contributed by atoms with E-state index in [1.165, 1.54) is 0 Å². The van der Waals surface area contributed by atoms with E-state index in [2.05, 4.69) is 0 Å². The highest BCUT2D eigenvalue weighted by Gasteiger charge is 2.11. The summed E-state index contributed by atoms with van der Waals surface area (Å²) in [5.41, 5.74) is 0. The monoisotopic (exact) mass is 153 g/mol. The van der Waals surface area contributed by atoms with Crippen LogP contribution in [0.5, 0.6) is 0 Å². The molecule has 0 aromatic rings. The van der Waals surface area contributed by atoms with Crippen LogP contribution in [0, 0.1) is 0 Å². The highest BCUT2D eigenvalue weighted by molar-refractivity contribution is 7.60. The van der Waals surface area contributed by atoms with Crippen molar-refractivity contribution in [2.75, 3.05) is 0 Å². The summed E-state index contributed by atoms with van der Waals surface area (Å²) in [6.07, 6.45) is 0. The molecule has 7 heteroatoms. The lowest BCUT2D eigenvalue weighted by molar-refractivity contribution is 0.700. The fraction of sp³-hybridized carbons (Fsp3) is 0. The van der Waals surface area contributed by atoms with Crippen molar-refractivity contribution in [2.24, 2.45) is 0 Å². The van der Waals surface area contributed by atoms with E-state index in [4.69, 9.17) is 0 Å². The van der Waals surface area contributed by atoms with Crippen LogP contribution in [0.3, 0.4) is 0 Å². The molecule has 0 saturated heterocycles. The highest BCUT2D eigenvalue weighted by Crippen LogP contribution is 2.47. The quantitative estimate of drug-likeness (QED) is 0.474. The van der Waals surface area contributed by atoms with Crippen molar-refractivity contribution in [2.45, 2.75) is 0 Å². The number of hydrogen-bond acceptors (Lipinski definition) is 1. The predicted octanol–water partition coefficient (Wildman–Crippen LogP) is 2.91. The Morgan fingerprint density at radius 2 is 1.14 bits per heavy atom. The molecule has 44 valence electrons. The molecule has 0 unspecified atom stereocenters. The minimum absolute atomic E-state index is 0.769. The van der Waals surface area contributed by atoms with Crippen LogP contribution in [-0.4, -0.2) is 0 Å². The molecule has 0 aliphatic carbocycles. The van der Waals surface area contributed by atoms with Crippen molar-refractivity contribution in [3.63, 3.8) is 0 Å². The van der Waals surface area contributed by atoms with Gasteiger partial charge in [-0.15, -0.1) is 0 Å². The first-order valence-electron chi connectivity index (χ1n) is 1.12. The van der Waals surface area contributed by atoms with E-state index in [1.807, 2.05) is 0 Å². The molecular weight excluding hydrogens is 152 g/mol. The van der Waals surface area contributed by atoms with Gasteiger partial charge in [0.25, 0.3) is 0 Å². The molecular formula is HF4NP2. The summed E-state index contributed by atoms with van der Waals surface area (Å²) in [7, 11) is -7.22. The van der Waals surface area contributed by atoms with Gasteiger partial charge >= 0.3 is 17.4 Å². The van der Waals surface area contributed by atoms with Crippen LogP contribution < -0.4 is 4.86 Å². The van der Waals surface area contributed by atoms with Gasteiger partial charge < -0.3 is 0 Å². The van der Waals surface area contributed by atoms with E-state index < -0.39 is 17.4 Å². The fourth-order valence-electron chi connectivity index (χ4n) is 0.0571. The van der Waals surface area contributed by atoms with Gasteiger partial charge in [-0.2, -0.15) is 21.6 Å². The second kappa shape index (κ2) is 3.53. The molecule has 0 aromatic heterocycles. The SMILES string of the molecule is FP(F)NP(F)F. The molecule has 0 aromatic carbocycles. The Bertz CT molecular complexity index is 39.0. The molecule has 0 atom stereocenters. The van der Waals surface area contributed by atoms with Crippen LogP contribution in [0.1, 0.15) is 0 Å². The smallest absolute Gasteiger partial charge is 0.169 e. The molecule has 0 radical (unpaired) electrons. The molecule has 0 aliphatic rings. The third-order valence-electron chi connectivity index (χ3n) is 0.151. The lowest BCUT2D eigenvalue weighted by Crippen LogP contribution is -1.82. The summed E-state index contributed by atoms with van der Waals surface area (Å²) in [6.45, 7) is 0. The molecule has 0 heterocycles. The third kappa shape index (κ3) is 6.54. The van der Waals surface area contributed by atoms with Gasteiger partial charge in [0.15, 0.2) is 0 Å². The molecule has 0 fully saturated rings. The summed E-state index contributed by atoms with van der Waals surface area (Å²) in [5.74, 6) is 0. The maximum Gasteiger partial charge on any atom is 0.350 e. The van der Waals surface area contributed by atoms with Gasteiger partial charge in [0.05, 0.1) is 0 Å². The van der Waals surface area contributed by atoms with Crippen LogP contribution in [0.4, 0.5) is 16.8 Å². The van der Waals surface area contributed by atoms with Crippen molar-refractivity contribution in [1.82, 2.24) is 4.86 Å². The van der Waals surface area contributed by atoms with Crippen molar-refractivity contribution in [3.8, 4) is 0 Å². The number of halogens is 4. The van der Waals surface area contributed by atoms with Crippen molar-refractivity contribution < 1.29 is 16.8 Å². The average Bonchev–Trinajstić information content (AvgIpc) is 1.27. The van der Waals surface area contributed by atoms with Crippen molar-refractivity contribution >= 4 is 17.4 Å². The summed E-state index contributed by atoms with van der Waals surface area (Å²) in [5, 5.41) is 0. The molecule has 0 aliphatic heterocycles.